The van der Waals surface area contributed by atoms with Crippen LogP contribution in [0.15, 0.2) is 65.9 Å². The fourth-order valence-corrected chi connectivity index (χ4v) is 6.28. The maximum absolute atomic E-state index is 12.6. The molecule has 2 aromatic rings. The summed E-state index contributed by atoms with van der Waals surface area (Å²) >= 11 is 0. The van der Waals surface area contributed by atoms with Gasteiger partial charge >= 0.3 is 0 Å². The predicted molar refractivity (Wildman–Crippen MR) is 139 cm³/mol. The van der Waals surface area contributed by atoms with Gasteiger partial charge in [-0.25, -0.2) is 0 Å². The molecule has 4 heteroatoms. The van der Waals surface area contributed by atoms with Gasteiger partial charge < -0.3 is 15.0 Å². The van der Waals surface area contributed by atoms with Crippen LogP contribution in [-0.4, -0.2) is 44.1 Å². The first-order valence-corrected chi connectivity index (χ1v) is 13.1. The van der Waals surface area contributed by atoms with Gasteiger partial charge in [-0.3, -0.25) is 4.79 Å². The number of hydrogen-bond donors (Lipinski definition) is 1. The molecule has 2 fully saturated rings. The molecule has 2 bridgehead atoms. The molecule has 1 heterocycles. The van der Waals surface area contributed by atoms with Crippen molar-refractivity contribution in [2.24, 2.45) is 17.8 Å². The Hall–Kier alpha value is -2.59. The molecule has 0 radical (unpaired) electrons. The number of ether oxygens (including phenoxy) is 1. The number of allylic oxidation sites excluding steroid dienone is 4. The van der Waals surface area contributed by atoms with E-state index in [1.807, 2.05) is 30.3 Å². The fourth-order valence-electron chi connectivity index (χ4n) is 6.28. The number of likely N-dealkylation sites (tertiary alicyclic amines) is 1. The highest BCUT2D eigenvalue weighted by Gasteiger charge is 2.34. The van der Waals surface area contributed by atoms with Crippen molar-refractivity contribution in [1.29, 1.82) is 0 Å². The molecule has 0 spiro atoms. The van der Waals surface area contributed by atoms with Gasteiger partial charge in [0, 0.05) is 25.1 Å². The zero-order chi connectivity index (χ0) is 23.3. The number of nitrogens with zero attached hydrogens (tertiary/aromatic N) is 1. The predicted octanol–water partition coefficient (Wildman–Crippen LogP) is 5.95. The number of unbranched alkanes of at least 4 members (excludes halogenated alkanes) is 1. The van der Waals surface area contributed by atoms with E-state index in [9.17, 15) is 4.79 Å². The van der Waals surface area contributed by atoms with Gasteiger partial charge in [0.25, 0.3) is 5.91 Å². The molecule has 1 amide bonds. The minimum atomic E-state index is 0.0339. The molecule has 1 N–H and O–H groups in total. The Balaban J connectivity index is 1.07. The van der Waals surface area contributed by atoms with Crippen LogP contribution in [0.2, 0.25) is 0 Å². The van der Waals surface area contributed by atoms with Crippen molar-refractivity contribution in [2.75, 3.05) is 33.3 Å². The second kappa shape index (κ2) is 10.8. The number of amides is 1. The Morgan fingerprint density at radius 3 is 2.79 bits per heavy atom. The topological polar surface area (TPSA) is 41.6 Å². The Bertz CT molecular complexity index is 1070. The highest BCUT2D eigenvalue weighted by molar-refractivity contribution is 5.98. The number of benzene rings is 2. The van der Waals surface area contributed by atoms with E-state index < -0.39 is 0 Å². The third-order valence-corrected chi connectivity index (χ3v) is 8.16. The first kappa shape index (κ1) is 23.2. The van der Waals surface area contributed by atoms with Crippen LogP contribution in [0.25, 0.3) is 10.8 Å². The van der Waals surface area contributed by atoms with Gasteiger partial charge in [-0.15, -0.1) is 0 Å². The van der Waals surface area contributed by atoms with Crippen molar-refractivity contribution in [3.05, 3.63) is 71.5 Å². The Kier molecular flexibility index (Phi) is 7.34. The highest BCUT2D eigenvalue weighted by atomic mass is 16.5. The first-order valence-electron chi connectivity index (χ1n) is 13.1. The van der Waals surface area contributed by atoms with Gasteiger partial charge in [-0.2, -0.15) is 0 Å². The van der Waals surface area contributed by atoms with E-state index >= 15 is 0 Å². The average molecular weight is 459 g/mol. The Morgan fingerprint density at radius 1 is 1.03 bits per heavy atom. The van der Waals surface area contributed by atoms with Crippen molar-refractivity contribution in [3.63, 3.8) is 0 Å². The number of fused-ring (bicyclic) bond motifs is 5. The quantitative estimate of drug-likeness (QED) is 0.522. The minimum Gasteiger partial charge on any atom is -0.501 e. The van der Waals surface area contributed by atoms with Gasteiger partial charge in [0.05, 0.1) is 12.9 Å². The van der Waals surface area contributed by atoms with E-state index in [-0.39, 0.29) is 5.91 Å². The molecule has 1 saturated heterocycles. The molecular formula is C30H38N2O2. The maximum atomic E-state index is 12.6. The summed E-state index contributed by atoms with van der Waals surface area (Å²) in [6, 6.07) is 14.1. The van der Waals surface area contributed by atoms with Gasteiger partial charge in [-0.1, -0.05) is 42.0 Å². The van der Waals surface area contributed by atoms with E-state index in [2.05, 4.69) is 34.5 Å². The lowest BCUT2D eigenvalue weighted by molar-refractivity contribution is 0.0952. The van der Waals surface area contributed by atoms with E-state index in [4.69, 9.17) is 4.74 Å². The molecule has 3 atom stereocenters. The van der Waals surface area contributed by atoms with Crippen molar-refractivity contribution < 1.29 is 9.53 Å². The molecule has 34 heavy (non-hydrogen) atoms. The van der Waals surface area contributed by atoms with E-state index in [1.54, 1.807) is 12.7 Å². The summed E-state index contributed by atoms with van der Waals surface area (Å²) < 4.78 is 5.54. The van der Waals surface area contributed by atoms with Crippen molar-refractivity contribution in [2.45, 2.75) is 44.9 Å². The van der Waals surface area contributed by atoms with E-state index in [1.165, 1.54) is 44.2 Å². The molecular weight excluding hydrogens is 420 g/mol. The summed E-state index contributed by atoms with van der Waals surface area (Å²) in [4.78, 5) is 15.3. The summed E-state index contributed by atoms with van der Waals surface area (Å²) in [7, 11) is 1.80. The maximum Gasteiger partial charge on any atom is 0.251 e. The largest absolute Gasteiger partial charge is 0.501 e. The zero-order valence-electron chi connectivity index (χ0n) is 20.5. The third-order valence-electron chi connectivity index (χ3n) is 8.16. The van der Waals surface area contributed by atoms with Gasteiger partial charge in [0.1, 0.15) is 0 Å². The summed E-state index contributed by atoms with van der Waals surface area (Å²) in [6.45, 7) is 4.33. The zero-order valence-corrected chi connectivity index (χ0v) is 20.5. The summed E-state index contributed by atoms with van der Waals surface area (Å²) in [6.07, 6.45) is 13.2. The van der Waals surface area contributed by atoms with Crippen LogP contribution < -0.4 is 5.32 Å². The lowest BCUT2D eigenvalue weighted by Gasteiger charge is -2.29. The Morgan fingerprint density at radius 2 is 1.91 bits per heavy atom. The molecule has 4 nitrogen and oxygen atoms in total. The van der Waals surface area contributed by atoms with Crippen LogP contribution in [0.1, 0.15) is 55.3 Å². The third kappa shape index (κ3) is 5.38. The molecule has 5 rings (SSSR count). The summed E-state index contributed by atoms with van der Waals surface area (Å²) in [5.74, 6) is 3.45. The molecule has 0 aromatic heterocycles. The second-order valence-electron chi connectivity index (χ2n) is 10.4. The molecule has 3 unspecified atom stereocenters. The molecule has 180 valence electrons. The van der Waals surface area contributed by atoms with Crippen molar-refractivity contribution in [3.8, 4) is 0 Å². The van der Waals surface area contributed by atoms with Crippen LogP contribution in [0.5, 0.6) is 0 Å². The number of carbonyl (C=O) groups excluding carboxylic acids is 1. The molecule has 2 aliphatic carbocycles. The normalized spacial score (nSPS) is 24.9. The van der Waals surface area contributed by atoms with Crippen molar-refractivity contribution >= 4 is 16.7 Å². The SMILES string of the molecule is COC1=CC=C2C(CCC3CC2CCN(CCCCNC(=O)c2ccc4ccccc4c2)C3)C1. The standard InChI is InChI=1S/C30H38N2O2/c1-34-28-12-13-29-25(20-28)9-8-22-18-26(29)14-17-32(21-22)16-5-4-15-31-30(33)27-11-10-23-6-2-3-7-24(23)19-27/h2-3,6-7,10-13,19,22,25-26H,4-5,8-9,14-18,20-21H2,1H3,(H,31,33). The average Bonchev–Trinajstić information content (AvgIpc) is 3.19. The molecule has 1 aliphatic heterocycles. The second-order valence-corrected chi connectivity index (χ2v) is 10.4. The Labute approximate surface area is 204 Å². The lowest BCUT2D eigenvalue weighted by Crippen LogP contribution is -2.31. The number of rotatable bonds is 7. The lowest BCUT2D eigenvalue weighted by atomic mass is 9.80. The highest BCUT2D eigenvalue weighted by Crippen LogP contribution is 2.43. The number of nitrogens with one attached hydrogen (secondary N) is 1. The van der Waals surface area contributed by atoms with Crippen LogP contribution in [0.4, 0.5) is 0 Å². The van der Waals surface area contributed by atoms with Gasteiger partial charge in [0.2, 0.25) is 0 Å². The minimum absolute atomic E-state index is 0.0339. The number of carbonyl (C=O) groups is 1. The summed E-state index contributed by atoms with van der Waals surface area (Å²) in [5, 5.41) is 5.40. The monoisotopic (exact) mass is 458 g/mol. The van der Waals surface area contributed by atoms with E-state index in [0.717, 1.165) is 60.9 Å². The van der Waals surface area contributed by atoms with E-state index in [0.29, 0.717) is 5.92 Å². The smallest absolute Gasteiger partial charge is 0.251 e. The number of hydrogen-bond acceptors (Lipinski definition) is 3. The first-order chi connectivity index (χ1) is 16.7. The van der Waals surface area contributed by atoms with Gasteiger partial charge in [0.15, 0.2) is 0 Å². The summed E-state index contributed by atoms with van der Waals surface area (Å²) in [5.41, 5.74) is 2.44. The molecule has 2 aromatic carbocycles. The van der Waals surface area contributed by atoms with Crippen LogP contribution in [-0.2, 0) is 4.74 Å². The van der Waals surface area contributed by atoms with Gasteiger partial charge in [-0.05, 0) is 98.3 Å². The fraction of sp³-hybridized carbons (Fsp3) is 0.500. The van der Waals surface area contributed by atoms with Crippen LogP contribution in [0.3, 0.4) is 0 Å². The molecule has 3 aliphatic rings. The van der Waals surface area contributed by atoms with Crippen molar-refractivity contribution in [1.82, 2.24) is 10.2 Å². The van der Waals surface area contributed by atoms with Crippen LogP contribution >= 0.6 is 0 Å². The van der Waals surface area contributed by atoms with Crippen LogP contribution in [0, 0.1) is 17.8 Å². The molecule has 1 saturated carbocycles. The number of methoxy groups -OCH3 is 1.